The Bertz CT molecular complexity index is 924. The maximum Gasteiger partial charge on any atom is 0.270 e. The lowest BCUT2D eigenvalue weighted by molar-refractivity contribution is -0.384. The lowest BCUT2D eigenvalue weighted by atomic mass is 10.0. The first-order chi connectivity index (χ1) is 11.5. The van der Waals surface area contributed by atoms with E-state index in [2.05, 4.69) is 5.16 Å². The Morgan fingerprint density at radius 3 is 2.67 bits per heavy atom. The van der Waals surface area contributed by atoms with Gasteiger partial charge in [0.05, 0.1) is 22.1 Å². The van der Waals surface area contributed by atoms with E-state index in [0.717, 1.165) is 0 Å². The van der Waals surface area contributed by atoms with E-state index < -0.39 is 4.92 Å². The molecule has 3 rings (SSSR count). The van der Waals surface area contributed by atoms with Crippen LogP contribution in [0.2, 0.25) is 10.0 Å². The molecular weight excluding hydrogens is 355 g/mol. The number of halogens is 2. The molecule has 1 heterocycles. The molecule has 0 amide bonds. The summed E-state index contributed by atoms with van der Waals surface area (Å²) >= 11 is 12.1. The third kappa shape index (κ3) is 2.99. The minimum atomic E-state index is -0.501. The number of benzene rings is 2. The van der Waals surface area contributed by atoms with Gasteiger partial charge in [-0.15, -0.1) is 0 Å². The maximum atomic E-state index is 10.9. The second-order valence-corrected chi connectivity index (χ2v) is 5.77. The monoisotopic (exact) mass is 364 g/mol. The summed E-state index contributed by atoms with van der Waals surface area (Å²) in [6.07, 6.45) is 0. The van der Waals surface area contributed by atoms with Gasteiger partial charge in [0.1, 0.15) is 5.69 Å². The fourth-order valence-corrected chi connectivity index (χ4v) is 2.83. The van der Waals surface area contributed by atoms with Crippen LogP contribution in [-0.2, 0) is 6.61 Å². The number of rotatable bonds is 4. The van der Waals surface area contributed by atoms with Crippen LogP contribution in [0, 0.1) is 10.1 Å². The van der Waals surface area contributed by atoms with Crippen molar-refractivity contribution in [3.05, 3.63) is 68.2 Å². The zero-order valence-corrected chi connectivity index (χ0v) is 13.6. The number of hydrogen-bond donors (Lipinski definition) is 1. The summed E-state index contributed by atoms with van der Waals surface area (Å²) in [6.45, 7) is -0.365. The smallest absolute Gasteiger partial charge is 0.270 e. The van der Waals surface area contributed by atoms with Crippen LogP contribution in [0.3, 0.4) is 0 Å². The number of aliphatic hydroxyl groups excluding tert-OH is 1. The fraction of sp³-hybridized carbons (Fsp3) is 0.0625. The molecule has 0 fully saturated rings. The zero-order chi connectivity index (χ0) is 17.3. The number of nitro benzene ring substituents is 1. The van der Waals surface area contributed by atoms with Gasteiger partial charge in [-0.2, -0.15) is 0 Å². The molecule has 0 bridgehead atoms. The highest BCUT2D eigenvalue weighted by atomic mass is 35.5. The Morgan fingerprint density at radius 2 is 2.00 bits per heavy atom. The molecule has 0 radical (unpaired) electrons. The van der Waals surface area contributed by atoms with Crippen LogP contribution in [0.25, 0.3) is 22.6 Å². The molecule has 0 saturated carbocycles. The van der Waals surface area contributed by atoms with E-state index in [9.17, 15) is 15.2 Å². The molecule has 0 saturated heterocycles. The first-order valence-corrected chi connectivity index (χ1v) is 7.56. The zero-order valence-electron chi connectivity index (χ0n) is 12.1. The number of nitrogens with zero attached hydrogens (tertiary/aromatic N) is 2. The third-order valence-electron chi connectivity index (χ3n) is 3.45. The van der Waals surface area contributed by atoms with E-state index in [1.165, 1.54) is 18.2 Å². The van der Waals surface area contributed by atoms with Crippen molar-refractivity contribution in [1.29, 1.82) is 0 Å². The minimum absolute atomic E-state index is 0.0783. The average Bonchev–Trinajstić information content (AvgIpc) is 2.98. The summed E-state index contributed by atoms with van der Waals surface area (Å²) in [5, 5.41) is 25.4. The van der Waals surface area contributed by atoms with Gasteiger partial charge in [0, 0.05) is 28.3 Å². The van der Waals surface area contributed by atoms with Crippen molar-refractivity contribution in [3.8, 4) is 22.6 Å². The molecule has 0 aliphatic heterocycles. The highest BCUT2D eigenvalue weighted by Gasteiger charge is 2.21. The molecule has 0 aliphatic carbocycles. The lowest BCUT2D eigenvalue weighted by Gasteiger charge is -2.04. The third-order valence-corrected chi connectivity index (χ3v) is 4.00. The average molecular weight is 365 g/mol. The van der Waals surface area contributed by atoms with Crippen molar-refractivity contribution >= 4 is 28.9 Å². The highest BCUT2D eigenvalue weighted by molar-refractivity contribution is 6.36. The van der Waals surface area contributed by atoms with Gasteiger partial charge in [0.2, 0.25) is 0 Å². The predicted octanol–water partition coefficient (Wildman–Crippen LogP) is 4.72. The number of nitro groups is 1. The van der Waals surface area contributed by atoms with Crippen LogP contribution in [0.15, 0.2) is 47.0 Å². The molecule has 1 N–H and O–H groups in total. The topological polar surface area (TPSA) is 89.4 Å². The first kappa shape index (κ1) is 16.4. The number of non-ortho nitro benzene ring substituents is 1. The minimum Gasteiger partial charge on any atom is -0.391 e. The number of aromatic nitrogens is 1. The van der Waals surface area contributed by atoms with Crippen LogP contribution >= 0.6 is 23.2 Å². The van der Waals surface area contributed by atoms with Gasteiger partial charge >= 0.3 is 0 Å². The lowest BCUT2D eigenvalue weighted by Crippen LogP contribution is -1.92. The standard InChI is InChI=1S/C16H10Cl2N2O4/c17-10-4-5-12(14(18)7-10)16-13(8-21)15(19-24-16)9-2-1-3-11(6-9)20(22)23/h1-7,21H,8H2. The van der Waals surface area contributed by atoms with Gasteiger partial charge in [0.25, 0.3) is 5.69 Å². The summed E-state index contributed by atoms with van der Waals surface area (Å²) in [4.78, 5) is 10.4. The van der Waals surface area contributed by atoms with Crippen molar-refractivity contribution in [3.63, 3.8) is 0 Å². The molecule has 2 aromatic carbocycles. The van der Waals surface area contributed by atoms with Gasteiger partial charge in [-0.05, 0) is 18.2 Å². The molecule has 0 aliphatic rings. The summed E-state index contributed by atoms with van der Waals surface area (Å²) < 4.78 is 5.34. The van der Waals surface area contributed by atoms with Crippen molar-refractivity contribution in [2.45, 2.75) is 6.61 Å². The second kappa shape index (κ2) is 6.60. The van der Waals surface area contributed by atoms with Gasteiger partial charge in [-0.1, -0.05) is 40.5 Å². The first-order valence-electron chi connectivity index (χ1n) is 6.81. The van der Waals surface area contributed by atoms with E-state index in [1.807, 2.05) is 0 Å². The summed E-state index contributed by atoms with van der Waals surface area (Å²) in [6, 6.07) is 10.8. The van der Waals surface area contributed by atoms with Crippen molar-refractivity contribution in [2.75, 3.05) is 0 Å². The van der Waals surface area contributed by atoms with E-state index >= 15 is 0 Å². The molecule has 6 nitrogen and oxygen atoms in total. The molecule has 1 aromatic heterocycles. The largest absolute Gasteiger partial charge is 0.391 e. The van der Waals surface area contributed by atoms with E-state index in [0.29, 0.717) is 38.2 Å². The van der Waals surface area contributed by atoms with Gasteiger partial charge in [-0.25, -0.2) is 0 Å². The van der Waals surface area contributed by atoms with E-state index in [4.69, 9.17) is 27.7 Å². The van der Waals surface area contributed by atoms with Crippen molar-refractivity contribution in [1.82, 2.24) is 5.16 Å². The molecule has 8 heteroatoms. The normalized spacial score (nSPS) is 10.8. The van der Waals surface area contributed by atoms with Crippen LogP contribution < -0.4 is 0 Å². The summed E-state index contributed by atoms with van der Waals surface area (Å²) in [5.74, 6) is 0.292. The Kier molecular flexibility index (Phi) is 4.53. The number of aliphatic hydroxyl groups is 1. The summed E-state index contributed by atoms with van der Waals surface area (Å²) in [5.41, 5.74) is 1.62. The SMILES string of the molecule is O=[N+]([O-])c1cccc(-c2noc(-c3ccc(Cl)cc3Cl)c2CO)c1. The Balaban J connectivity index is 2.14. The molecule has 3 aromatic rings. The second-order valence-electron chi connectivity index (χ2n) is 4.93. The fourth-order valence-electron chi connectivity index (χ4n) is 2.33. The highest BCUT2D eigenvalue weighted by Crippen LogP contribution is 2.37. The van der Waals surface area contributed by atoms with Crippen LogP contribution in [-0.4, -0.2) is 15.2 Å². The Morgan fingerprint density at radius 1 is 1.21 bits per heavy atom. The number of hydrogen-bond acceptors (Lipinski definition) is 5. The molecule has 0 spiro atoms. The molecule has 0 atom stereocenters. The summed E-state index contributed by atoms with van der Waals surface area (Å²) in [7, 11) is 0. The Labute approximate surface area is 146 Å². The van der Waals surface area contributed by atoms with E-state index in [1.54, 1.807) is 24.3 Å². The van der Waals surface area contributed by atoms with E-state index in [-0.39, 0.29) is 12.3 Å². The van der Waals surface area contributed by atoms with Crippen LogP contribution in [0.1, 0.15) is 5.56 Å². The van der Waals surface area contributed by atoms with Crippen molar-refractivity contribution in [2.24, 2.45) is 0 Å². The molecular formula is C16H10Cl2N2O4. The van der Waals surface area contributed by atoms with Gasteiger partial charge in [-0.3, -0.25) is 10.1 Å². The van der Waals surface area contributed by atoms with Gasteiger partial charge < -0.3 is 9.63 Å². The maximum absolute atomic E-state index is 10.9. The van der Waals surface area contributed by atoms with Crippen LogP contribution in [0.4, 0.5) is 5.69 Å². The van der Waals surface area contributed by atoms with Crippen LogP contribution in [0.5, 0.6) is 0 Å². The Hall–Kier alpha value is -2.41. The quantitative estimate of drug-likeness (QED) is 0.534. The molecule has 0 unspecified atom stereocenters. The predicted molar refractivity (Wildman–Crippen MR) is 90.0 cm³/mol. The van der Waals surface area contributed by atoms with Crippen molar-refractivity contribution < 1.29 is 14.6 Å². The molecule has 24 heavy (non-hydrogen) atoms. The van der Waals surface area contributed by atoms with Gasteiger partial charge in [0.15, 0.2) is 5.76 Å². The molecule has 122 valence electrons.